The molecular weight excluding hydrogens is 198 g/mol. The van der Waals surface area contributed by atoms with E-state index in [1.165, 1.54) is 18.4 Å². The van der Waals surface area contributed by atoms with Gasteiger partial charge in [0.1, 0.15) is 5.75 Å². The van der Waals surface area contributed by atoms with Crippen LogP contribution >= 0.6 is 0 Å². The molecule has 2 unspecified atom stereocenters. The number of para-hydroxylation sites is 1. The lowest BCUT2D eigenvalue weighted by molar-refractivity contribution is 0.116. The van der Waals surface area contributed by atoms with Crippen molar-refractivity contribution in [2.75, 3.05) is 19.7 Å². The van der Waals surface area contributed by atoms with Crippen LogP contribution in [0.4, 0.5) is 0 Å². The molecule has 0 radical (unpaired) electrons. The van der Waals surface area contributed by atoms with Crippen molar-refractivity contribution in [2.24, 2.45) is 5.92 Å². The molecule has 2 nitrogen and oxygen atoms in total. The molecule has 1 N–H and O–H groups in total. The Kier molecular flexibility index (Phi) is 2.40. The van der Waals surface area contributed by atoms with Gasteiger partial charge in [-0.25, -0.2) is 0 Å². The molecule has 16 heavy (non-hydrogen) atoms. The van der Waals surface area contributed by atoms with Crippen molar-refractivity contribution in [1.82, 2.24) is 5.32 Å². The highest BCUT2D eigenvalue weighted by atomic mass is 16.5. The number of benzene rings is 1. The molecule has 0 aliphatic carbocycles. The molecule has 0 aromatic heterocycles. The molecule has 2 atom stereocenters. The van der Waals surface area contributed by atoms with Crippen molar-refractivity contribution in [1.29, 1.82) is 0 Å². The zero-order valence-corrected chi connectivity index (χ0v) is 9.83. The summed E-state index contributed by atoms with van der Waals surface area (Å²) in [6.45, 7) is 5.45. The van der Waals surface area contributed by atoms with Gasteiger partial charge in [0.05, 0.1) is 6.61 Å². The summed E-state index contributed by atoms with van der Waals surface area (Å²) >= 11 is 0. The van der Waals surface area contributed by atoms with E-state index in [2.05, 4.69) is 36.5 Å². The Morgan fingerprint density at radius 2 is 2.25 bits per heavy atom. The summed E-state index contributed by atoms with van der Waals surface area (Å²) in [6.07, 6.45) is 2.57. The van der Waals surface area contributed by atoms with Gasteiger partial charge >= 0.3 is 0 Å². The highest BCUT2D eigenvalue weighted by Gasteiger charge is 2.43. The van der Waals surface area contributed by atoms with Crippen molar-refractivity contribution < 1.29 is 4.74 Å². The zero-order chi connectivity index (χ0) is 11.0. The number of rotatable bonds is 0. The molecule has 1 saturated heterocycles. The first-order valence-corrected chi connectivity index (χ1v) is 6.26. The maximum atomic E-state index is 5.84. The number of ether oxygens (including phenoxy) is 1. The molecular formula is C14H19NO. The number of hydrogen-bond donors (Lipinski definition) is 1. The minimum atomic E-state index is 0.313. The van der Waals surface area contributed by atoms with Gasteiger partial charge in [0.2, 0.25) is 0 Å². The van der Waals surface area contributed by atoms with Crippen molar-refractivity contribution in [2.45, 2.75) is 25.2 Å². The Labute approximate surface area is 97.0 Å². The van der Waals surface area contributed by atoms with Crippen LogP contribution < -0.4 is 10.1 Å². The third-order valence-electron chi connectivity index (χ3n) is 4.27. The quantitative estimate of drug-likeness (QED) is 0.720. The standard InChI is InChI=1S/C14H19NO/c1-11-9-16-13-6-3-2-5-12(13)14(11)7-4-8-15-10-14/h2-3,5-6,11,15H,4,7-10H2,1H3. The van der Waals surface area contributed by atoms with Gasteiger partial charge < -0.3 is 10.1 Å². The van der Waals surface area contributed by atoms with Crippen molar-refractivity contribution in [3.05, 3.63) is 29.8 Å². The molecule has 1 fully saturated rings. The Hall–Kier alpha value is -1.02. The van der Waals surface area contributed by atoms with Crippen LogP contribution in [0.15, 0.2) is 24.3 Å². The monoisotopic (exact) mass is 217 g/mol. The van der Waals surface area contributed by atoms with Gasteiger partial charge in [-0.15, -0.1) is 0 Å². The first kappa shape index (κ1) is 10.2. The Bertz CT molecular complexity index is 382. The van der Waals surface area contributed by atoms with E-state index >= 15 is 0 Å². The van der Waals surface area contributed by atoms with E-state index in [-0.39, 0.29) is 0 Å². The Balaban J connectivity index is 2.08. The van der Waals surface area contributed by atoms with Crippen molar-refractivity contribution in [3.8, 4) is 5.75 Å². The van der Waals surface area contributed by atoms with E-state index in [1.807, 2.05) is 0 Å². The molecule has 2 heteroatoms. The average Bonchev–Trinajstić information content (AvgIpc) is 2.36. The third-order valence-corrected chi connectivity index (χ3v) is 4.27. The van der Waals surface area contributed by atoms with Crippen molar-refractivity contribution in [3.63, 3.8) is 0 Å². The highest BCUT2D eigenvalue weighted by molar-refractivity contribution is 5.42. The summed E-state index contributed by atoms with van der Waals surface area (Å²) in [6, 6.07) is 8.56. The fourth-order valence-corrected chi connectivity index (χ4v) is 3.22. The summed E-state index contributed by atoms with van der Waals surface area (Å²) < 4.78 is 5.84. The summed E-state index contributed by atoms with van der Waals surface area (Å²) in [7, 11) is 0. The minimum Gasteiger partial charge on any atom is -0.493 e. The molecule has 86 valence electrons. The smallest absolute Gasteiger partial charge is 0.123 e. The van der Waals surface area contributed by atoms with E-state index in [9.17, 15) is 0 Å². The molecule has 1 aromatic carbocycles. The first-order chi connectivity index (χ1) is 7.83. The van der Waals surface area contributed by atoms with Crippen LogP contribution in [0.25, 0.3) is 0 Å². The molecule has 3 rings (SSSR count). The Morgan fingerprint density at radius 1 is 1.38 bits per heavy atom. The molecule has 2 aliphatic rings. The van der Waals surface area contributed by atoms with E-state index < -0.39 is 0 Å². The second kappa shape index (κ2) is 3.77. The number of fused-ring (bicyclic) bond motifs is 2. The molecule has 1 spiro atoms. The normalized spacial score (nSPS) is 33.2. The van der Waals surface area contributed by atoms with E-state index in [1.54, 1.807) is 0 Å². The second-order valence-electron chi connectivity index (χ2n) is 5.14. The predicted molar refractivity (Wildman–Crippen MR) is 64.9 cm³/mol. The third kappa shape index (κ3) is 1.36. The van der Waals surface area contributed by atoms with Gasteiger partial charge in [0, 0.05) is 23.4 Å². The van der Waals surface area contributed by atoms with Crippen LogP contribution in [0.5, 0.6) is 5.75 Å². The van der Waals surface area contributed by atoms with Gasteiger partial charge in [-0.05, 0) is 25.5 Å². The summed E-state index contributed by atoms with van der Waals surface area (Å²) in [5, 5.41) is 3.56. The molecule has 1 aromatic rings. The lowest BCUT2D eigenvalue weighted by atomic mass is 9.65. The fourth-order valence-electron chi connectivity index (χ4n) is 3.22. The molecule has 0 amide bonds. The largest absolute Gasteiger partial charge is 0.493 e. The minimum absolute atomic E-state index is 0.313. The Morgan fingerprint density at radius 3 is 3.06 bits per heavy atom. The van der Waals surface area contributed by atoms with Gasteiger partial charge in [0.25, 0.3) is 0 Å². The van der Waals surface area contributed by atoms with E-state index in [0.717, 1.165) is 25.4 Å². The molecule has 2 aliphatic heterocycles. The maximum absolute atomic E-state index is 5.84. The average molecular weight is 217 g/mol. The topological polar surface area (TPSA) is 21.3 Å². The van der Waals surface area contributed by atoms with Crippen LogP contribution in [0.1, 0.15) is 25.3 Å². The van der Waals surface area contributed by atoms with Crippen LogP contribution in [0.2, 0.25) is 0 Å². The van der Waals surface area contributed by atoms with Gasteiger partial charge in [0.15, 0.2) is 0 Å². The number of nitrogens with one attached hydrogen (secondary N) is 1. The summed E-state index contributed by atoms with van der Waals surface area (Å²) in [5.74, 6) is 1.71. The predicted octanol–water partition coefficient (Wildman–Crippen LogP) is 2.34. The SMILES string of the molecule is CC1COc2ccccc2C12CCCNC2. The van der Waals surface area contributed by atoms with E-state index in [0.29, 0.717) is 11.3 Å². The van der Waals surface area contributed by atoms with Crippen LogP contribution in [0.3, 0.4) is 0 Å². The fraction of sp³-hybridized carbons (Fsp3) is 0.571. The number of hydrogen-bond acceptors (Lipinski definition) is 2. The van der Waals surface area contributed by atoms with Gasteiger partial charge in [-0.2, -0.15) is 0 Å². The maximum Gasteiger partial charge on any atom is 0.123 e. The lowest BCUT2D eigenvalue weighted by Gasteiger charge is -2.46. The van der Waals surface area contributed by atoms with Crippen LogP contribution in [0, 0.1) is 5.92 Å². The van der Waals surface area contributed by atoms with E-state index in [4.69, 9.17) is 4.74 Å². The molecule has 0 bridgehead atoms. The zero-order valence-electron chi connectivity index (χ0n) is 9.83. The van der Waals surface area contributed by atoms with Crippen molar-refractivity contribution >= 4 is 0 Å². The number of piperidine rings is 1. The van der Waals surface area contributed by atoms with Crippen LogP contribution in [-0.2, 0) is 5.41 Å². The first-order valence-electron chi connectivity index (χ1n) is 6.26. The lowest BCUT2D eigenvalue weighted by Crippen LogP contribution is -2.51. The second-order valence-corrected chi connectivity index (χ2v) is 5.14. The van der Waals surface area contributed by atoms with Gasteiger partial charge in [-0.3, -0.25) is 0 Å². The summed E-state index contributed by atoms with van der Waals surface area (Å²) in [4.78, 5) is 0. The van der Waals surface area contributed by atoms with Gasteiger partial charge in [-0.1, -0.05) is 25.1 Å². The molecule has 2 heterocycles. The van der Waals surface area contributed by atoms with Crippen LogP contribution in [-0.4, -0.2) is 19.7 Å². The molecule has 0 saturated carbocycles. The summed E-state index contributed by atoms with van der Waals surface area (Å²) in [5.41, 5.74) is 1.73. The highest BCUT2D eigenvalue weighted by Crippen LogP contribution is 2.45.